The van der Waals surface area contributed by atoms with Crippen LogP contribution in [0.1, 0.15) is 15.9 Å². The van der Waals surface area contributed by atoms with E-state index in [9.17, 15) is 9.18 Å². The van der Waals surface area contributed by atoms with Gasteiger partial charge in [-0.1, -0.05) is 18.2 Å². The predicted molar refractivity (Wildman–Crippen MR) is 105 cm³/mol. The maximum atomic E-state index is 12.9. The molecule has 0 fully saturated rings. The summed E-state index contributed by atoms with van der Waals surface area (Å²) < 4.78 is 23.4. The zero-order chi connectivity index (χ0) is 19.9. The number of pyridine rings is 1. The van der Waals surface area contributed by atoms with Gasteiger partial charge in [0.2, 0.25) is 0 Å². The van der Waals surface area contributed by atoms with Gasteiger partial charge in [0.1, 0.15) is 28.7 Å². The molecular weight excluding hydrogens is 361 g/mol. The van der Waals surface area contributed by atoms with E-state index < -0.39 is 0 Å². The number of ether oxygens (including phenoxy) is 2. The van der Waals surface area contributed by atoms with Crippen LogP contribution in [0.25, 0.3) is 0 Å². The minimum Gasteiger partial charge on any atom is -0.496 e. The van der Waals surface area contributed by atoms with E-state index in [1.165, 1.54) is 26.4 Å². The molecule has 1 aromatic heterocycles. The van der Waals surface area contributed by atoms with Gasteiger partial charge in [-0.05, 0) is 42.0 Å². The normalized spacial score (nSPS) is 10.2. The topological polar surface area (TPSA) is 72.5 Å². The number of anilines is 2. The first-order valence-electron chi connectivity index (χ1n) is 8.57. The predicted octanol–water partition coefficient (Wildman–Crippen LogP) is 4.10. The van der Waals surface area contributed by atoms with Crippen LogP contribution in [-0.4, -0.2) is 25.1 Å². The van der Waals surface area contributed by atoms with Crippen molar-refractivity contribution in [1.29, 1.82) is 0 Å². The Morgan fingerprint density at radius 2 is 1.68 bits per heavy atom. The Bertz CT molecular complexity index is 922. The van der Waals surface area contributed by atoms with E-state index >= 15 is 0 Å². The maximum Gasteiger partial charge on any atom is 0.264 e. The quantitative estimate of drug-likeness (QED) is 0.645. The molecule has 0 saturated carbocycles. The lowest BCUT2D eigenvalue weighted by molar-refractivity contribution is 0.102. The van der Waals surface area contributed by atoms with Crippen LogP contribution in [0.15, 0.2) is 60.8 Å². The highest BCUT2D eigenvalue weighted by atomic mass is 19.1. The van der Waals surface area contributed by atoms with Gasteiger partial charge in [-0.25, -0.2) is 9.37 Å². The number of halogens is 1. The zero-order valence-corrected chi connectivity index (χ0v) is 15.5. The molecule has 2 aromatic carbocycles. The molecule has 0 atom stereocenters. The van der Waals surface area contributed by atoms with Gasteiger partial charge in [-0.2, -0.15) is 0 Å². The summed E-state index contributed by atoms with van der Waals surface area (Å²) in [5.41, 5.74) is 2.02. The average Bonchev–Trinajstić information content (AvgIpc) is 2.73. The van der Waals surface area contributed by atoms with Crippen molar-refractivity contribution in [1.82, 2.24) is 4.98 Å². The SMILES string of the molecule is COc1cccc(OC)c1C(=O)Nc1ccc(NCc2ccc(F)cc2)cn1. The summed E-state index contributed by atoms with van der Waals surface area (Å²) in [4.78, 5) is 16.9. The van der Waals surface area contributed by atoms with Gasteiger partial charge in [0.05, 0.1) is 26.1 Å². The smallest absolute Gasteiger partial charge is 0.264 e. The number of methoxy groups -OCH3 is 2. The van der Waals surface area contributed by atoms with Crippen LogP contribution < -0.4 is 20.1 Å². The molecule has 0 bridgehead atoms. The minimum absolute atomic E-state index is 0.266. The first-order valence-corrected chi connectivity index (χ1v) is 8.57. The van der Waals surface area contributed by atoms with Gasteiger partial charge < -0.3 is 20.1 Å². The summed E-state index contributed by atoms with van der Waals surface area (Å²) in [6.07, 6.45) is 1.61. The molecule has 0 saturated heterocycles. The minimum atomic E-state index is -0.381. The molecule has 0 aliphatic rings. The number of amides is 1. The molecule has 3 rings (SSSR count). The number of aromatic nitrogens is 1. The molecule has 28 heavy (non-hydrogen) atoms. The summed E-state index contributed by atoms with van der Waals surface area (Å²) in [6, 6.07) is 14.9. The Balaban J connectivity index is 1.66. The molecule has 6 nitrogen and oxygen atoms in total. The number of hydrogen-bond acceptors (Lipinski definition) is 5. The fourth-order valence-corrected chi connectivity index (χ4v) is 2.63. The van der Waals surface area contributed by atoms with Crippen LogP contribution in [0.2, 0.25) is 0 Å². The monoisotopic (exact) mass is 381 g/mol. The third-order valence-corrected chi connectivity index (χ3v) is 4.07. The second-order valence-corrected chi connectivity index (χ2v) is 5.90. The van der Waals surface area contributed by atoms with E-state index in [2.05, 4.69) is 15.6 Å². The maximum absolute atomic E-state index is 12.9. The fraction of sp³-hybridized carbons (Fsp3) is 0.143. The highest BCUT2D eigenvalue weighted by Crippen LogP contribution is 2.28. The van der Waals surface area contributed by atoms with E-state index in [0.29, 0.717) is 29.4 Å². The Morgan fingerprint density at radius 3 is 2.25 bits per heavy atom. The second kappa shape index (κ2) is 8.85. The molecule has 1 amide bonds. The van der Waals surface area contributed by atoms with Crippen molar-refractivity contribution in [2.24, 2.45) is 0 Å². The lowest BCUT2D eigenvalue weighted by atomic mass is 10.1. The van der Waals surface area contributed by atoms with Crippen molar-refractivity contribution < 1.29 is 18.7 Å². The number of benzene rings is 2. The molecule has 1 heterocycles. The third kappa shape index (κ3) is 4.56. The van der Waals surface area contributed by atoms with Crippen molar-refractivity contribution >= 4 is 17.4 Å². The van der Waals surface area contributed by atoms with Gasteiger partial charge >= 0.3 is 0 Å². The van der Waals surface area contributed by atoms with E-state index in [1.807, 2.05) is 0 Å². The van der Waals surface area contributed by atoms with E-state index in [1.54, 1.807) is 48.7 Å². The molecule has 0 unspecified atom stereocenters. The average molecular weight is 381 g/mol. The van der Waals surface area contributed by atoms with Crippen LogP contribution in [0.4, 0.5) is 15.9 Å². The summed E-state index contributed by atoms with van der Waals surface area (Å²) in [6.45, 7) is 0.534. The van der Waals surface area contributed by atoms with E-state index in [-0.39, 0.29) is 11.7 Å². The standard InChI is InChI=1S/C21H20FN3O3/c1-27-17-4-3-5-18(28-2)20(17)21(26)25-19-11-10-16(13-24-19)23-12-14-6-8-15(22)9-7-14/h3-11,13,23H,12H2,1-2H3,(H,24,25,26). The summed E-state index contributed by atoms with van der Waals surface area (Å²) in [5.74, 6) is 0.570. The lowest BCUT2D eigenvalue weighted by Gasteiger charge is -2.13. The Hall–Kier alpha value is -3.61. The zero-order valence-electron chi connectivity index (χ0n) is 15.5. The van der Waals surface area contributed by atoms with Crippen molar-refractivity contribution in [3.8, 4) is 11.5 Å². The van der Waals surface area contributed by atoms with Crippen molar-refractivity contribution in [2.75, 3.05) is 24.9 Å². The number of carbonyl (C=O) groups excluding carboxylic acids is 1. The molecule has 7 heteroatoms. The van der Waals surface area contributed by atoms with Crippen LogP contribution in [0.3, 0.4) is 0 Å². The summed E-state index contributed by atoms with van der Waals surface area (Å²) >= 11 is 0. The number of nitrogens with one attached hydrogen (secondary N) is 2. The van der Waals surface area contributed by atoms with Crippen molar-refractivity contribution in [2.45, 2.75) is 6.54 Å². The van der Waals surface area contributed by atoms with Crippen LogP contribution in [0.5, 0.6) is 11.5 Å². The third-order valence-electron chi connectivity index (χ3n) is 4.07. The van der Waals surface area contributed by atoms with Gasteiger partial charge in [0.25, 0.3) is 5.91 Å². The highest BCUT2D eigenvalue weighted by Gasteiger charge is 2.18. The molecule has 0 radical (unpaired) electrons. The molecule has 144 valence electrons. The molecule has 0 spiro atoms. The van der Waals surface area contributed by atoms with Gasteiger partial charge in [0.15, 0.2) is 0 Å². The van der Waals surface area contributed by atoms with Gasteiger partial charge in [-0.15, -0.1) is 0 Å². The number of rotatable bonds is 7. The van der Waals surface area contributed by atoms with Crippen molar-refractivity contribution in [3.05, 3.63) is 77.7 Å². The summed E-state index contributed by atoms with van der Waals surface area (Å²) in [5, 5.41) is 5.93. The second-order valence-electron chi connectivity index (χ2n) is 5.90. The molecule has 2 N–H and O–H groups in total. The van der Waals surface area contributed by atoms with Crippen molar-refractivity contribution in [3.63, 3.8) is 0 Å². The number of nitrogens with zero attached hydrogens (tertiary/aromatic N) is 1. The lowest BCUT2D eigenvalue weighted by Crippen LogP contribution is -2.15. The fourth-order valence-electron chi connectivity index (χ4n) is 2.63. The first-order chi connectivity index (χ1) is 13.6. The highest BCUT2D eigenvalue weighted by molar-refractivity contribution is 6.07. The molecule has 3 aromatic rings. The first kappa shape index (κ1) is 19.2. The Labute approximate surface area is 162 Å². The van der Waals surface area contributed by atoms with Crippen LogP contribution in [0, 0.1) is 5.82 Å². The van der Waals surface area contributed by atoms with Crippen LogP contribution in [-0.2, 0) is 6.54 Å². The number of hydrogen-bond donors (Lipinski definition) is 2. The molecule has 0 aliphatic carbocycles. The van der Waals surface area contributed by atoms with E-state index in [4.69, 9.17) is 9.47 Å². The molecular formula is C21H20FN3O3. The van der Waals surface area contributed by atoms with E-state index in [0.717, 1.165) is 11.3 Å². The van der Waals surface area contributed by atoms with Gasteiger partial charge in [-0.3, -0.25) is 4.79 Å². The number of carbonyl (C=O) groups is 1. The molecule has 0 aliphatic heterocycles. The summed E-state index contributed by atoms with van der Waals surface area (Å²) in [7, 11) is 2.98. The Morgan fingerprint density at radius 1 is 1.00 bits per heavy atom. The Kier molecular flexibility index (Phi) is 6.06. The van der Waals surface area contributed by atoms with Gasteiger partial charge in [0, 0.05) is 6.54 Å². The largest absolute Gasteiger partial charge is 0.496 e. The van der Waals surface area contributed by atoms with Crippen LogP contribution >= 0.6 is 0 Å².